The molecule has 1 unspecified atom stereocenters. The highest BCUT2D eigenvalue weighted by atomic mass is 32.1. The number of halogens is 2. The molecule has 0 radical (unpaired) electrons. The second-order valence-corrected chi connectivity index (χ2v) is 6.18. The van der Waals surface area contributed by atoms with Gasteiger partial charge in [0.25, 0.3) is 5.91 Å². The van der Waals surface area contributed by atoms with Gasteiger partial charge in [-0.25, -0.2) is 8.78 Å². The Kier molecular flexibility index (Phi) is 6.39. The van der Waals surface area contributed by atoms with Crippen LogP contribution in [0.5, 0.6) is 0 Å². The predicted octanol–water partition coefficient (Wildman–Crippen LogP) is 0.796. The van der Waals surface area contributed by atoms with E-state index in [1.54, 1.807) is 11.3 Å². The average Bonchev–Trinajstić information content (AvgIpc) is 3.01. The Bertz CT molecular complexity index is 707. The molecule has 128 valence electrons. The average molecular weight is 354 g/mol. The fraction of sp³-hybridized carbons (Fsp3) is 0.250. The summed E-state index contributed by atoms with van der Waals surface area (Å²) < 4.78 is 25.8. The number of carbonyl (C=O) groups excluding carboxylic acids is 2. The number of carbonyl (C=O) groups is 2. The molecule has 3 N–H and O–H groups in total. The summed E-state index contributed by atoms with van der Waals surface area (Å²) >= 11 is 1.60. The van der Waals surface area contributed by atoms with Crippen molar-refractivity contribution in [2.24, 2.45) is 0 Å². The van der Waals surface area contributed by atoms with Gasteiger partial charge in [-0.1, -0.05) is 0 Å². The van der Waals surface area contributed by atoms with Crippen LogP contribution >= 0.6 is 11.3 Å². The number of anilines is 1. The summed E-state index contributed by atoms with van der Waals surface area (Å²) in [7, 11) is 1.89. The zero-order chi connectivity index (χ0) is 17.5. The molecule has 1 atom stereocenters. The number of thiophene rings is 1. The first-order valence-corrected chi connectivity index (χ1v) is 8.22. The lowest BCUT2D eigenvalue weighted by Gasteiger charge is -2.13. The van der Waals surface area contributed by atoms with Gasteiger partial charge in [0.15, 0.2) is 18.2 Å². The summed E-state index contributed by atoms with van der Waals surface area (Å²) in [5, 5.41) is 8.89. The highest BCUT2D eigenvalue weighted by molar-refractivity contribution is 7.07. The predicted molar refractivity (Wildman–Crippen MR) is 87.8 cm³/mol. The minimum absolute atomic E-state index is 0.133. The van der Waals surface area contributed by atoms with Crippen LogP contribution in [0.25, 0.3) is 0 Å². The van der Waals surface area contributed by atoms with E-state index in [1.165, 1.54) is 6.07 Å². The Morgan fingerprint density at radius 1 is 1.17 bits per heavy atom. The zero-order valence-electron chi connectivity index (χ0n) is 13.1. The van der Waals surface area contributed by atoms with E-state index in [2.05, 4.69) is 10.6 Å². The molecule has 0 saturated heterocycles. The minimum atomic E-state index is -1.05. The van der Waals surface area contributed by atoms with Crippen LogP contribution in [0.2, 0.25) is 0 Å². The molecule has 0 saturated carbocycles. The molecule has 0 spiro atoms. The van der Waals surface area contributed by atoms with E-state index in [4.69, 9.17) is 0 Å². The number of likely N-dealkylation sites (N-methyl/N-ethyl adjacent to an activating group) is 1. The smallest absolute Gasteiger partial charge is 0.275 e. The number of nitrogens with one attached hydrogen (secondary N) is 3. The van der Waals surface area contributed by atoms with Crippen LogP contribution in [-0.2, 0) is 16.1 Å². The monoisotopic (exact) mass is 354 g/mol. The molecule has 0 bridgehead atoms. The molecular formula is C16H18F2N3O2S+. The molecule has 0 aliphatic rings. The van der Waals surface area contributed by atoms with Crippen molar-refractivity contribution >= 4 is 28.8 Å². The highest BCUT2D eigenvalue weighted by Gasteiger charge is 2.12. The molecule has 1 aromatic heterocycles. The van der Waals surface area contributed by atoms with Gasteiger partial charge in [-0.15, -0.1) is 0 Å². The number of rotatable bonds is 7. The Morgan fingerprint density at radius 3 is 2.62 bits per heavy atom. The van der Waals surface area contributed by atoms with Crippen LogP contribution < -0.4 is 15.5 Å². The van der Waals surface area contributed by atoms with E-state index < -0.39 is 17.5 Å². The molecule has 0 fully saturated rings. The van der Waals surface area contributed by atoms with E-state index >= 15 is 0 Å². The first-order valence-electron chi connectivity index (χ1n) is 7.28. The van der Waals surface area contributed by atoms with Gasteiger partial charge in [-0.2, -0.15) is 11.3 Å². The SMILES string of the molecule is C[NH+](CC(=O)NCC(=O)Nc1ccc(F)c(F)c1)Cc1ccsc1. The van der Waals surface area contributed by atoms with Crippen molar-refractivity contribution < 1.29 is 23.3 Å². The first-order chi connectivity index (χ1) is 11.4. The van der Waals surface area contributed by atoms with Crippen molar-refractivity contribution in [2.45, 2.75) is 6.54 Å². The Labute approximate surface area is 142 Å². The van der Waals surface area contributed by atoms with Crippen molar-refractivity contribution in [2.75, 3.05) is 25.5 Å². The van der Waals surface area contributed by atoms with Crippen molar-refractivity contribution in [3.63, 3.8) is 0 Å². The van der Waals surface area contributed by atoms with Gasteiger partial charge in [0.1, 0.15) is 6.54 Å². The van der Waals surface area contributed by atoms with Gasteiger partial charge in [-0.05, 0) is 29.0 Å². The summed E-state index contributed by atoms with van der Waals surface area (Å²) in [6, 6.07) is 5.05. The number of benzene rings is 1. The number of hydrogen-bond acceptors (Lipinski definition) is 3. The lowest BCUT2D eigenvalue weighted by molar-refractivity contribution is -0.885. The quantitative estimate of drug-likeness (QED) is 0.689. The van der Waals surface area contributed by atoms with E-state index in [9.17, 15) is 18.4 Å². The molecule has 0 aliphatic heterocycles. The van der Waals surface area contributed by atoms with Gasteiger partial charge in [0.2, 0.25) is 5.91 Å². The summed E-state index contributed by atoms with van der Waals surface area (Å²) in [6.07, 6.45) is 0. The fourth-order valence-corrected chi connectivity index (χ4v) is 2.77. The normalized spacial score (nSPS) is 11.8. The van der Waals surface area contributed by atoms with E-state index in [0.717, 1.165) is 29.1 Å². The maximum atomic E-state index is 13.0. The number of quaternary nitrogens is 1. The van der Waals surface area contributed by atoms with E-state index in [-0.39, 0.29) is 24.7 Å². The molecule has 0 aliphatic carbocycles. The third-order valence-corrected chi connectivity index (χ3v) is 3.93. The van der Waals surface area contributed by atoms with Crippen LogP contribution in [0, 0.1) is 11.6 Å². The van der Waals surface area contributed by atoms with Crippen LogP contribution in [-0.4, -0.2) is 32.0 Å². The molecule has 24 heavy (non-hydrogen) atoms. The molecule has 2 rings (SSSR count). The van der Waals surface area contributed by atoms with Gasteiger partial charge < -0.3 is 15.5 Å². The molecular weight excluding hydrogens is 336 g/mol. The van der Waals surface area contributed by atoms with Crippen molar-refractivity contribution in [3.05, 3.63) is 52.2 Å². The molecule has 5 nitrogen and oxygen atoms in total. The van der Waals surface area contributed by atoms with Crippen molar-refractivity contribution in [3.8, 4) is 0 Å². The molecule has 1 aromatic carbocycles. The maximum Gasteiger partial charge on any atom is 0.275 e. The zero-order valence-corrected chi connectivity index (χ0v) is 13.9. The van der Waals surface area contributed by atoms with Gasteiger partial charge in [0.05, 0.1) is 13.6 Å². The second kappa shape index (κ2) is 8.51. The Balaban J connectivity index is 1.72. The van der Waals surface area contributed by atoms with Crippen LogP contribution in [0.15, 0.2) is 35.0 Å². The van der Waals surface area contributed by atoms with Crippen LogP contribution in [0.3, 0.4) is 0 Å². The van der Waals surface area contributed by atoms with Crippen LogP contribution in [0.4, 0.5) is 14.5 Å². The van der Waals surface area contributed by atoms with E-state index in [0.29, 0.717) is 0 Å². The molecule has 8 heteroatoms. The van der Waals surface area contributed by atoms with Crippen molar-refractivity contribution in [1.82, 2.24) is 5.32 Å². The Morgan fingerprint density at radius 2 is 1.96 bits per heavy atom. The van der Waals surface area contributed by atoms with Gasteiger partial charge in [-0.3, -0.25) is 9.59 Å². The summed E-state index contributed by atoms with van der Waals surface area (Å²) in [6.45, 7) is 0.718. The van der Waals surface area contributed by atoms with Crippen molar-refractivity contribution in [1.29, 1.82) is 0 Å². The lowest BCUT2D eigenvalue weighted by atomic mass is 10.3. The third kappa shape index (κ3) is 5.71. The standard InChI is InChI=1S/C16H17F2N3O2S/c1-21(8-11-4-5-24-10-11)9-16(23)19-7-15(22)20-12-2-3-13(17)14(18)6-12/h2-6,10H,7-9H2,1H3,(H,19,23)(H,20,22)/p+1. The van der Waals surface area contributed by atoms with Crippen LogP contribution in [0.1, 0.15) is 5.56 Å². The molecule has 2 aromatic rings. The van der Waals surface area contributed by atoms with E-state index in [1.807, 2.05) is 23.9 Å². The van der Waals surface area contributed by atoms with Gasteiger partial charge in [0, 0.05) is 17.3 Å². The number of amides is 2. The minimum Gasteiger partial charge on any atom is -0.342 e. The topological polar surface area (TPSA) is 62.6 Å². The summed E-state index contributed by atoms with van der Waals surface area (Å²) in [5.74, 6) is -2.80. The fourth-order valence-electron chi connectivity index (χ4n) is 2.10. The lowest BCUT2D eigenvalue weighted by Crippen LogP contribution is -3.08. The summed E-state index contributed by atoms with van der Waals surface area (Å²) in [5.41, 5.74) is 1.29. The Hall–Kier alpha value is -2.32. The molecule has 1 heterocycles. The number of hydrogen-bond donors (Lipinski definition) is 3. The highest BCUT2D eigenvalue weighted by Crippen LogP contribution is 2.12. The first kappa shape index (κ1) is 18.0. The largest absolute Gasteiger partial charge is 0.342 e. The van der Waals surface area contributed by atoms with Gasteiger partial charge >= 0.3 is 0 Å². The maximum absolute atomic E-state index is 13.0. The summed E-state index contributed by atoms with van der Waals surface area (Å²) in [4.78, 5) is 24.5. The third-order valence-electron chi connectivity index (χ3n) is 3.20. The molecule has 2 amide bonds. The second-order valence-electron chi connectivity index (χ2n) is 5.40.